The van der Waals surface area contributed by atoms with Crippen molar-refractivity contribution in [2.24, 2.45) is 0 Å². The number of aromatic nitrogens is 2. The summed E-state index contributed by atoms with van der Waals surface area (Å²) in [5.74, 6) is -0.647. The number of hydrogen-bond donors (Lipinski definition) is 2. The number of nitrogens with one attached hydrogen (secondary N) is 1. The topological polar surface area (TPSA) is 76.4 Å². The molecule has 0 aliphatic carbocycles. The molecule has 0 aliphatic heterocycles. The zero-order valence-electron chi connectivity index (χ0n) is 11.8. The standard InChI is InChI=1S/C14H19N3O3/c1-9(2)17-12-5-4-11(6-10(12)7-16-17)15-8-13(18)14(19)20-3/h4-7,9,13,15,18H,8H2,1-3H3. The van der Waals surface area contributed by atoms with Crippen LogP contribution in [0.15, 0.2) is 24.4 Å². The molecule has 20 heavy (non-hydrogen) atoms. The Kier molecular flexibility index (Phi) is 4.24. The summed E-state index contributed by atoms with van der Waals surface area (Å²) in [5.41, 5.74) is 1.88. The largest absolute Gasteiger partial charge is 0.467 e. The molecule has 1 atom stereocenters. The number of benzene rings is 1. The third-order valence-electron chi connectivity index (χ3n) is 3.06. The van der Waals surface area contributed by atoms with E-state index < -0.39 is 12.1 Å². The van der Waals surface area contributed by atoms with Gasteiger partial charge in [0, 0.05) is 17.1 Å². The van der Waals surface area contributed by atoms with Crippen molar-refractivity contribution in [2.45, 2.75) is 26.0 Å². The number of esters is 1. The van der Waals surface area contributed by atoms with Crippen molar-refractivity contribution in [3.05, 3.63) is 24.4 Å². The molecule has 2 aromatic rings. The van der Waals surface area contributed by atoms with Crippen LogP contribution in [-0.4, -0.2) is 40.6 Å². The Morgan fingerprint density at radius 3 is 2.90 bits per heavy atom. The van der Waals surface area contributed by atoms with Crippen molar-refractivity contribution in [2.75, 3.05) is 19.0 Å². The van der Waals surface area contributed by atoms with Crippen molar-refractivity contribution >= 4 is 22.6 Å². The van der Waals surface area contributed by atoms with Gasteiger partial charge in [0.25, 0.3) is 0 Å². The lowest BCUT2D eigenvalue weighted by atomic mass is 10.2. The second-order valence-corrected chi connectivity index (χ2v) is 4.88. The molecule has 1 unspecified atom stereocenters. The summed E-state index contributed by atoms with van der Waals surface area (Å²) in [6.45, 7) is 4.26. The molecule has 0 saturated heterocycles. The predicted molar refractivity (Wildman–Crippen MR) is 76.6 cm³/mol. The van der Waals surface area contributed by atoms with Crippen molar-refractivity contribution in [1.82, 2.24) is 9.78 Å². The van der Waals surface area contributed by atoms with E-state index in [4.69, 9.17) is 0 Å². The van der Waals surface area contributed by atoms with Crippen LogP contribution in [0.5, 0.6) is 0 Å². The van der Waals surface area contributed by atoms with E-state index in [1.165, 1.54) is 7.11 Å². The van der Waals surface area contributed by atoms with Gasteiger partial charge in [-0.2, -0.15) is 5.10 Å². The van der Waals surface area contributed by atoms with Crippen LogP contribution in [0.3, 0.4) is 0 Å². The van der Waals surface area contributed by atoms with E-state index in [-0.39, 0.29) is 6.54 Å². The van der Waals surface area contributed by atoms with Crippen LogP contribution in [0, 0.1) is 0 Å². The van der Waals surface area contributed by atoms with Crippen LogP contribution in [-0.2, 0) is 9.53 Å². The average Bonchev–Trinajstić information content (AvgIpc) is 2.86. The van der Waals surface area contributed by atoms with Crippen molar-refractivity contribution in [3.63, 3.8) is 0 Å². The Morgan fingerprint density at radius 2 is 2.25 bits per heavy atom. The van der Waals surface area contributed by atoms with E-state index in [1.54, 1.807) is 6.20 Å². The highest BCUT2D eigenvalue weighted by atomic mass is 16.5. The summed E-state index contributed by atoms with van der Waals surface area (Å²) in [6.07, 6.45) is 0.631. The van der Waals surface area contributed by atoms with E-state index >= 15 is 0 Å². The number of anilines is 1. The third-order valence-corrected chi connectivity index (χ3v) is 3.06. The Morgan fingerprint density at radius 1 is 1.50 bits per heavy atom. The zero-order valence-corrected chi connectivity index (χ0v) is 11.8. The van der Waals surface area contributed by atoms with Crippen LogP contribution in [0.25, 0.3) is 10.9 Å². The molecule has 0 radical (unpaired) electrons. The summed E-state index contributed by atoms with van der Waals surface area (Å²) in [4.78, 5) is 11.1. The van der Waals surface area contributed by atoms with Crippen molar-refractivity contribution in [3.8, 4) is 0 Å². The van der Waals surface area contributed by atoms with Gasteiger partial charge >= 0.3 is 5.97 Å². The smallest absolute Gasteiger partial charge is 0.336 e. The van der Waals surface area contributed by atoms with Gasteiger partial charge in [-0.3, -0.25) is 4.68 Å². The maximum absolute atomic E-state index is 11.1. The highest BCUT2D eigenvalue weighted by Crippen LogP contribution is 2.21. The third kappa shape index (κ3) is 2.91. The second kappa shape index (κ2) is 5.92. The Hall–Kier alpha value is -2.08. The number of methoxy groups -OCH3 is 1. The lowest BCUT2D eigenvalue weighted by Gasteiger charge is -2.11. The highest BCUT2D eigenvalue weighted by molar-refractivity contribution is 5.82. The molecule has 0 saturated carbocycles. The molecular formula is C14H19N3O3. The molecule has 6 nitrogen and oxygen atoms in total. The molecule has 1 aromatic heterocycles. The quantitative estimate of drug-likeness (QED) is 0.811. The van der Waals surface area contributed by atoms with E-state index in [0.717, 1.165) is 16.6 Å². The lowest BCUT2D eigenvalue weighted by molar-refractivity contribution is -0.149. The molecule has 0 spiro atoms. The molecule has 1 heterocycles. The molecular weight excluding hydrogens is 258 g/mol. The van der Waals surface area contributed by atoms with Gasteiger partial charge < -0.3 is 15.2 Å². The molecule has 2 N–H and O–H groups in total. The average molecular weight is 277 g/mol. The summed E-state index contributed by atoms with van der Waals surface area (Å²) >= 11 is 0. The number of carbonyl (C=O) groups excluding carboxylic acids is 1. The second-order valence-electron chi connectivity index (χ2n) is 4.88. The van der Waals surface area contributed by atoms with Crippen LogP contribution >= 0.6 is 0 Å². The van der Waals surface area contributed by atoms with E-state index in [1.807, 2.05) is 22.9 Å². The number of fused-ring (bicyclic) bond motifs is 1. The Labute approximate surface area is 117 Å². The lowest BCUT2D eigenvalue weighted by Crippen LogP contribution is -2.29. The first-order valence-electron chi connectivity index (χ1n) is 6.50. The van der Waals surface area contributed by atoms with Gasteiger partial charge in [-0.15, -0.1) is 0 Å². The molecule has 0 amide bonds. The van der Waals surface area contributed by atoms with Crippen LogP contribution in [0.2, 0.25) is 0 Å². The van der Waals surface area contributed by atoms with Crippen molar-refractivity contribution in [1.29, 1.82) is 0 Å². The molecule has 108 valence electrons. The van der Waals surface area contributed by atoms with E-state index in [0.29, 0.717) is 6.04 Å². The Bertz CT molecular complexity index is 607. The highest BCUT2D eigenvalue weighted by Gasteiger charge is 2.14. The molecule has 0 bridgehead atoms. The predicted octanol–water partition coefficient (Wildman–Crippen LogP) is 1.56. The summed E-state index contributed by atoms with van der Waals surface area (Å²) in [5, 5.41) is 17.9. The minimum Gasteiger partial charge on any atom is -0.467 e. The Balaban J connectivity index is 2.11. The first kappa shape index (κ1) is 14.3. The fourth-order valence-electron chi connectivity index (χ4n) is 2.01. The summed E-state index contributed by atoms with van der Waals surface area (Å²) < 4.78 is 6.40. The molecule has 2 rings (SSSR count). The maximum atomic E-state index is 11.1. The van der Waals surface area contributed by atoms with Gasteiger partial charge in [-0.25, -0.2) is 4.79 Å². The van der Waals surface area contributed by atoms with Gasteiger partial charge in [0.1, 0.15) is 0 Å². The fraction of sp³-hybridized carbons (Fsp3) is 0.429. The number of carbonyl (C=O) groups is 1. The SMILES string of the molecule is COC(=O)C(O)CNc1ccc2c(cnn2C(C)C)c1. The maximum Gasteiger partial charge on any atom is 0.336 e. The molecule has 0 fully saturated rings. The fourth-order valence-corrected chi connectivity index (χ4v) is 2.01. The number of aliphatic hydroxyl groups is 1. The van der Waals surface area contributed by atoms with Gasteiger partial charge in [0.15, 0.2) is 6.10 Å². The molecule has 1 aromatic carbocycles. The first-order chi connectivity index (χ1) is 9.52. The number of rotatable bonds is 5. The number of aliphatic hydroxyl groups excluding tert-OH is 1. The van der Waals surface area contributed by atoms with E-state index in [2.05, 4.69) is 29.0 Å². The minimum atomic E-state index is -1.17. The molecule has 0 aliphatic rings. The number of hydrogen-bond acceptors (Lipinski definition) is 5. The molecule has 6 heteroatoms. The zero-order chi connectivity index (χ0) is 14.7. The van der Waals surface area contributed by atoms with Gasteiger partial charge in [-0.1, -0.05) is 0 Å². The van der Waals surface area contributed by atoms with Crippen LogP contribution in [0.1, 0.15) is 19.9 Å². The summed E-state index contributed by atoms with van der Waals surface area (Å²) in [7, 11) is 1.25. The monoisotopic (exact) mass is 277 g/mol. The van der Waals surface area contributed by atoms with Gasteiger partial charge in [0.05, 0.1) is 25.4 Å². The normalized spacial score (nSPS) is 12.7. The van der Waals surface area contributed by atoms with Gasteiger partial charge in [-0.05, 0) is 32.0 Å². The number of nitrogens with zero attached hydrogens (tertiary/aromatic N) is 2. The van der Waals surface area contributed by atoms with Gasteiger partial charge in [0.2, 0.25) is 0 Å². The summed E-state index contributed by atoms with van der Waals surface area (Å²) in [6, 6.07) is 6.10. The van der Waals surface area contributed by atoms with Crippen LogP contribution < -0.4 is 5.32 Å². The van der Waals surface area contributed by atoms with Crippen LogP contribution in [0.4, 0.5) is 5.69 Å². The van der Waals surface area contributed by atoms with E-state index in [9.17, 15) is 9.90 Å². The minimum absolute atomic E-state index is 0.108. The number of ether oxygens (including phenoxy) is 1. The first-order valence-corrected chi connectivity index (χ1v) is 6.50. The van der Waals surface area contributed by atoms with Crippen molar-refractivity contribution < 1.29 is 14.6 Å².